The number of hydrogen-bond acceptors (Lipinski definition) is 5. The van der Waals surface area contributed by atoms with Crippen LogP contribution < -0.4 is 5.73 Å². The summed E-state index contributed by atoms with van der Waals surface area (Å²) in [6, 6.07) is 13.1. The van der Waals surface area contributed by atoms with Crippen LogP contribution in [0.25, 0.3) is 17.2 Å². The number of ether oxygens (including phenoxy) is 1. The first-order valence-electron chi connectivity index (χ1n) is 11.2. The number of esters is 1. The zero-order valence-electron chi connectivity index (χ0n) is 19.1. The van der Waals surface area contributed by atoms with Crippen molar-refractivity contribution in [3.05, 3.63) is 59.2 Å². The molecule has 0 radical (unpaired) electrons. The van der Waals surface area contributed by atoms with Gasteiger partial charge in [-0.05, 0) is 49.1 Å². The van der Waals surface area contributed by atoms with Crippen LogP contribution in [0.15, 0.2) is 53.0 Å². The third-order valence-corrected chi connectivity index (χ3v) is 5.28. The van der Waals surface area contributed by atoms with Gasteiger partial charge in [0, 0.05) is 30.6 Å². The smallest absolute Gasteiger partial charge is 0.338 e. The lowest BCUT2D eigenvalue weighted by Gasteiger charge is -2.22. The molecule has 1 heterocycles. The van der Waals surface area contributed by atoms with E-state index in [9.17, 15) is 9.59 Å². The third kappa shape index (κ3) is 5.25. The highest BCUT2D eigenvalue weighted by Gasteiger charge is 2.21. The summed E-state index contributed by atoms with van der Waals surface area (Å²) < 4.78 is 5.20. The van der Waals surface area contributed by atoms with Crippen LogP contribution >= 0.6 is 0 Å². The number of nitrogens with two attached hydrogens (primary N) is 1. The van der Waals surface area contributed by atoms with Crippen molar-refractivity contribution >= 4 is 29.5 Å². The lowest BCUT2D eigenvalue weighted by Crippen LogP contribution is -2.34. The molecular formula is C26H31N3O3. The molecule has 2 N–H and O–H groups in total. The van der Waals surface area contributed by atoms with Crippen molar-refractivity contribution in [2.75, 3.05) is 19.7 Å². The van der Waals surface area contributed by atoms with E-state index in [1.54, 1.807) is 13.0 Å². The van der Waals surface area contributed by atoms with Gasteiger partial charge >= 0.3 is 5.97 Å². The fourth-order valence-corrected chi connectivity index (χ4v) is 3.88. The van der Waals surface area contributed by atoms with E-state index < -0.39 is 0 Å². The summed E-state index contributed by atoms with van der Waals surface area (Å²) in [5.74, 6) is 0.0457. The number of amidine groups is 1. The molecule has 6 heteroatoms. The van der Waals surface area contributed by atoms with Crippen LogP contribution in [0, 0.1) is 0 Å². The maximum Gasteiger partial charge on any atom is 0.338 e. The second-order valence-electron chi connectivity index (χ2n) is 7.78. The second-order valence-corrected chi connectivity index (χ2v) is 7.78. The summed E-state index contributed by atoms with van der Waals surface area (Å²) in [5, 5.41) is 0. The first-order valence-corrected chi connectivity index (χ1v) is 11.2. The molecule has 0 aliphatic carbocycles. The van der Waals surface area contributed by atoms with Gasteiger partial charge < -0.3 is 15.4 Å². The first-order chi connectivity index (χ1) is 15.5. The summed E-state index contributed by atoms with van der Waals surface area (Å²) in [6.07, 6.45) is 4.01. The maximum atomic E-state index is 13.2. The first kappa shape index (κ1) is 23.3. The molecule has 0 bridgehead atoms. The number of carbonyl (C=O) groups excluding carboxylic acids is 2. The van der Waals surface area contributed by atoms with Gasteiger partial charge in [0.15, 0.2) is 0 Å². The van der Waals surface area contributed by atoms with E-state index in [0.717, 1.165) is 42.6 Å². The Balaban J connectivity index is 2.01. The van der Waals surface area contributed by atoms with Crippen molar-refractivity contribution in [3.63, 3.8) is 0 Å². The third-order valence-electron chi connectivity index (χ3n) is 5.28. The van der Waals surface area contributed by atoms with Gasteiger partial charge in [0.25, 0.3) is 0 Å². The Labute approximate surface area is 189 Å². The number of rotatable bonds is 8. The van der Waals surface area contributed by atoms with E-state index >= 15 is 0 Å². The maximum absolute atomic E-state index is 13.2. The number of fused-ring (bicyclic) bond motifs is 1. The molecule has 0 spiro atoms. The van der Waals surface area contributed by atoms with Gasteiger partial charge in [-0.1, -0.05) is 44.2 Å². The van der Waals surface area contributed by atoms with Crippen molar-refractivity contribution in [3.8, 4) is 11.1 Å². The fourth-order valence-electron chi connectivity index (χ4n) is 3.88. The molecule has 1 aliphatic heterocycles. The molecule has 1 aliphatic rings. The van der Waals surface area contributed by atoms with Gasteiger partial charge in [0.1, 0.15) is 5.84 Å². The molecule has 0 unspecified atom stereocenters. The van der Waals surface area contributed by atoms with Gasteiger partial charge in [0.05, 0.1) is 17.9 Å². The van der Waals surface area contributed by atoms with Crippen LogP contribution in [0.2, 0.25) is 0 Å². The fraction of sp³-hybridized carbons (Fsp3) is 0.346. The van der Waals surface area contributed by atoms with E-state index in [-0.39, 0.29) is 11.9 Å². The zero-order chi connectivity index (χ0) is 23.1. The molecule has 0 atom stereocenters. The topological polar surface area (TPSA) is 85.0 Å². The van der Waals surface area contributed by atoms with E-state index in [1.165, 1.54) is 0 Å². The van der Waals surface area contributed by atoms with E-state index in [1.807, 2.05) is 47.4 Å². The standard InChI is InChI=1S/C26H31N3O3/c1-4-13-29(14-5-2)25(30)20-15-19-12-11-18(16-23(19)28-24(27)17-20)21-9-7-8-10-22(21)26(31)32-6-3/h7-12,15-16H,4-6,13-14,17H2,1-3H3,(H2,27,28). The highest BCUT2D eigenvalue weighted by atomic mass is 16.5. The molecule has 2 aromatic carbocycles. The predicted molar refractivity (Wildman–Crippen MR) is 129 cm³/mol. The van der Waals surface area contributed by atoms with Crippen molar-refractivity contribution in [1.82, 2.24) is 4.90 Å². The second kappa shape index (κ2) is 10.8. The minimum Gasteiger partial charge on any atom is -0.462 e. The van der Waals surface area contributed by atoms with E-state index in [4.69, 9.17) is 10.5 Å². The van der Waals surface area contributed by atoms with Crippen molar-refractivity contribution in [2.45, 2.75) is 40.0 Å². The van der Waals surface area contributed by atoms with Crippen LogP contribution in [-0.2, 0) is 9.53 Å². The highest BCUT2D eigenvalue weighted by Crippen LogP contribution is 2.33. The lowest BCUT2D eigenvalue weighted by molar-refractivity contribution is -0.127. The van der Waals surface area contributed by atoms with Crippen molar-refractivity contribution < 1.29 is 14.3 Å². The number of nitrogens with zero attached hydrogens (tertiary/aromatic N) is 2. The molecule has 0 saturated carbocycles. The lowest BCUT2D eigenvalue weighted by atomic mass is 9.97. The summed E-state index contributed by atoms with van der Waals surface area (Å²) in [4.78, 5) is 32.0. The minimum atomic E-state index is -0.360. The molecular weight excluding hydrogens is 402 g/mol. The number of amides is 1. The molecule has 0 saturated heterocycles. The van der Waals surface area contributed by atoms with Gasteiger partial charge in [-0.15, -0.1) is 0 Å². The SMILES string of the molecule is CCCN(CCC)C(=O)C1=Cc2ccc(-c3ccccc3C(=O)OCC)cc2N=C(N)C1. The quantitative estimate of drug-likeness (QED) is 0.597. The summed E-state index contributed by atoms with van der Waals surface area (Å²) in [6.45, 7) is 7.67. The number of aliphatic imine (C=N–C) groups is 1. The highest BCUT2D eigenvalue weighted by molar-refractivity contribution is 6.06. The average Bonchev–Trinajstić information content (AvgIpc) is 2.96. The molecule has 6 nitrogen and oxygen atoms in total. The monoisotopic (exact) mass is 433 g/mol. The Hall–Kier alpha value is -3.41. The van der Waals surface area contributed by atoms with Crippen LogP contribution in [0.4, 0.5) is 5.69 Å². The molecule has 2 aromatic rings. The summed E-state index contributed by atoms with van der Waals surface area (Å²) in [7, 11) is 0. The van der Waals surface area contributed by atoms with Gasteiger partial charge in [-0.2, -0.15) is 0 Å². The van der Waals surface area contributed by atoms with Gasteiger partial charge in [0.2, 0.25) is 5.91 Å². The number of carbonyl (C=O) groups is 2. The molecule has 0 aromatic heterocycles. The van der Waals surface area contributed by atoms with E-state index in [2.05, 4.69) is 18.8 Å². The van der Waals surface area contributed by atoms with Gasteiger partial charge in [-0.3, -0.25) is 4.79 Å². The molecule has 3 rings (SSSR count). The van der Waals surface area contributed by atoms with Crippen molar-refractivity contribution in [2.24, 2.45) is 10.7 Å². The zero-order valence-corrected chi connectivity index (χ0v) is 19.1. The Morgan fingerprint density at radius 3 is 2.47 bits per heavy atom. The molecule has 1 amide bonds. The summed E-state index contributed by atoms with van der Waals surface area (Å²) >= 11 is 0. The molecule has 32 heavy (non-hydrogen) atoms. The van der Waals surface area contributed by atoms with Crippen LogP contribution in [0.5, 0.6) is 0 Å². The Bertz CT molecular complexity index is 1050. The number of hydrogen-bond donors (Lipinski definition) is 1. The van der Waals surface area contributed by atoms with Gasteiger partial charge in [-0.25, -0.2) is 9.79 Å². The predicted octanol–water partition coefficient (Wildman–Crippen LogP) is 4.95. The number of benzene rings is 2. The normalized spacial score (nSPS) is 12.8. The van der Waals surface area contributed by atoms with E-state index in [0.29, 0.717) is 35.7 Å². The van der Waals surface area contributed by atoms with Crippen LogP contribution in [-0.4, -0.2) is 42.3 Å². The summed E-state index contributed by atoms with van der Waals surface area (Å²) in [5.41, 5.74) is 10.5. The minimum absolute atomic E-state index is 0.0106. The van der Waals surface area contributed by atoms with Crippen LogP contribution in [0.1, 0.15) is 56.0 Å². The Morgan fingerprint density at radius 2 is 1.78 bits per heavy atom. The van der Waals surface area contributed by atoms with Crippen LogP contribution in [0.3, 0.4) is 0 Å². The molecule has 0 fully saturated rings. The largest absolute Gasteiger partial charge is 0.462 e. The molecule has 168 valence electrons. The van der Waals surface area contributed by atoms with Crippen molar-refractivity contribution in [1.29, 1.82) is 0 Å². The average molecular weight is 434 g/mol. The Morgan fingerprint density at radius 1 is 1.06 bits per heavy atom. The Kier molecular flexibility index (Phi) is 7.82.